The number of rotatable bonds is 4. The Morgan fingerprint density at radius 2 is 2.25 bits per heavy atom. The molecule has 0 aliphatic heterocycles. The van der Waals surface area contributed by atoms with Gasteiger partial charge in [-0.15, -0.1) is 11.6 Å². The number of aryl methyl sites for hydroxylation is 1. The fourth-order valence-corrected chi connectivity index (χ4v) is 1.55. The summed E-state index contributed by atoms with van der Waals surface area (Å²) in [4.78, 5) is 4.11. The van der Waals surface area contributed by atoms with Crippen LogP contribution in [0, 0.1) is 5.82 Å². The lowest BCUT2D eigenvalue weighted by atomic mass is 10.2. The van der Waals surface area contributed by atoms with Crippen molar-refractivity contribution >= 4 is 11.6 Å². The maximum atomic E-state index is 13.0. The molecule has 2 nitrogen and oxygen atoms in total. The zero-order valence-corrected chi connectivity index (χ0v) is 9.38. The molecule has 0 unspecified atom stereocenters. The van der Waals surface area contributed by atoms with Gasteiger partial charge in [-0.25, -0.2) is 9.37 Å². The molecular formula is C12H11ClFNO. The highest BCUT2D eigenvalue weighted by Crippen LogP contribution is 2.21. The van der Waals surface area contributed by atoms with Crippen LogP contribution in [0.3, 0.4) is 0 Å². The minimum Gasteiger partial charge on any atom is -0.441 e. The molecule has 0 aliphatic rings. The third kappa shape index (κ3) is 2.61. The number of hydrogen-bond donors (Lipinski definition) is 0. The molecule has 1 aromatic heterocycles. The van der Waals surface area contributed by atoms with Gasteiger partial charge in [-0.1, -0.05) is 12.1 Å². The molecule has 2 aromatic rings. The van der Waals surface area contributed by atoms with Crippen molar-refractivity contribution in [1.82, 2.24) is 4.98 Å². The molecule has 4 heteroatoms. The standard InChI is InChI=1S/C12H11ClFNO/c13-6-2-5-12-15-8-11(16-12)9-3-1-4-10(14)7-9/h1,3-4,7-8H,2,5-6H2. The minimum atomic E-state index is -0.281. The summed E-state index contributed by atoms with van der Waals surface area (Å²) >= 11 is 5.58. The van der Waals surface area contributed by atoms with Crippen LogP contribution in [0.25, 0.3) is 11.3 Å². The summed E-state index contributed by atoms with van der Waals surface area (Å²) in [5.41, 5.74) is 0.699. The van der Waals surface area contributed by atoms with Gasteiger partial charge in [0.25, 0.3) is 0 Å². The van der Waals surface area contributed by atoms with E-state index in [0.29, 0.717) is 29.5 Å². The molecule has 1 aromatic carbocycles. The molecule has 0 amide bonds. The van der Waals surface area contributed by atoms with Gasteiger partial charge in [0, 0.05) is 17.9 Å². The Kier molecular flexibility index (Phi) is 3.57. The van der Waals surface area contributed by atoms with Crippen molar-refractivity contribution in [2.24, 2.45) is 0 Å². The quantitative estimate of drug-likeness (QED) is 0.761. The number of nitrogens with zero attached hydrogens (tertiary/aromatic N) is 1. The topological polar surface area (TPSA) is 26.0 Å². The Morgan fingerprint density at radius 1 is 1.38 bits per heavy atom. The van der Waals surface area contributed by atoms with E-state index >= 15 is 0 Å². The van der Waals surface area contributed by atoms with Crippen molar-refractivity contribution in [2.45, 2.75) is 12.8 Å². The lowest BCUT2D eigenvalue weighted by molar-refractivity contribution is 0.503. The number of aromatic nitrogens is 1. The Labute approximate surface area is 98.1 Å². The van der Waals surface area contributed by atoms with Crippen molar-refractivity contribution in [3.63, 3.8) is 0 Å². The molecule has 0 bridgehead atoms. The Bertz CT molecular complexity index is 470. The summed E-state index contributed by atoms with van der Waals surface area (Å²) in [7, 11) is 0. The predicted octanol–water partition coefficient (Wildman–Crippen LogP) is 3.65. The summed E-state index contributed by atoms with van der Waals surface area (Å²) in [6, 6.07) is 6.25. The fourth-order valence-electron chi connectivity index (χ4n) is 1.42. The van der Waals surface area contributed by atoms with E-state index in [0.717, 1.165) is 6.42 Å². The lowest BCUT2D eigenvalue weighted by Crippen LogP contribution is -1.84. The van der Waals surface area contributed by atoms with E-state index < -0.39 is 0 Å². The Balaban J connectivity index is 2.18. The van der Waals surface area contributed by atoms with Crippen LogP contribution < -0.4 is 0 Å². The molecule has 1 heterocycles. The summed E-state index contributed by atoms with van der Waals surface area (Å²) in [6.45, 7) is 0. The van der Waals surface area contributed by atoms with Crippen LogP contribution in [0.15, 0.2) is 34.9 Å². The average molecular weight is 240 g/mol. The molecule has 0 N–H and O–H groups in total. The lowest BCUT2D eigenvalue weighted by Gasteiger charge is -1.95. The van der Waals surface area contributed by atoms with Crippen LogP contribution in [0.1, 0.15) is 12.3 Å². The number of halogens is 2. The first-order chi connectivity index (χ1) is 7.79. The van der Waals surface area contributed by atoms with E-state index in [1.54, 1.807) is 18.3 Å². The van der Waals surface area contributed by atoms with Gasteiger partial charge in [0.2, 0.25) is 0 Å². The van der Waals surface area contributed by atoms with Gasteiger partial charge in [0.05, 0.1) is 6.20 Å². The Morgan fingerprint density at radius 3 is 3.00 bits per heavy atom. The predicted molar refractivity (Wildman–Crippen MR) is 60.9 cm³/mol. The van der Waals surface area contributed by atoms with Gasteiger partial charge in [-0.2, -0.15) is 0 Å². The molecule has 0 spiro atoms. The van der Waals surface area contributed by atoms with Gasteiger partial charge < -0.3 is 4.42 Å². The van der Waals surface area contributed by atoms with E-state index in [9.17, 15) is 4.39 Å². The van der Waals surface area contributed by atoms with E-state index in [1.165, 1.54) is 12.1 Å². The van der Waals surface area contributed by atoms with Crippen LogP contribution in [-0.2, 0) is 6.42 Å². The molecule has 0 atom stereocenters. The molecule has 2 rings (SSSR count). The van der Waals surface area contributed by atoms with Gasteiger partial charge in [-0.3, -0.25) is 0 Å². The molecule has 84 valence electrons. The summed E-state index contributed by atoms with van der Waals surface area (Å²) in [5, 5.41) is 0. The molecule has 0 radical (unpaired) electrons. The van der Waals surface area contributed by atoms with E-state index in [1.807, 2.05) is 0 Å². The van der Waals surface area contributed by atoms with Crippen LogP contribution in [0.5, 0.6) is 0 Å². The van der Waals surface area contributed by atoms with E-state index in [2.05, 4.69) is 4.98 Å². The molecular weight excluding hydrogens is 229 g/mol. The minimum absolute atomic E-state index is 0.281. The normalized spacial score (nSPS) is 10.6. The first kappa shape index (κ1) is 11.1. The van der Waals surface area contributed by atoms with Crippen molar-refractivity contribution in [2.75, 3.05) is 5.88 Å². The largest absolute Gasteiger partial charge is 0.441 e. The summed E-state index contributed by atoms with van der Waals surface area (Å²) < 4.78 is 18.5. The average Bonchev–Trinajstić information content (AvgIpc) is 2.75. The fraction of sp³-hybridized carbons (Fsp3) is 0.250. The second-order valence-corrected chi connectivity index (χ2v) is 3.80. The van der Waals surface area contributed by atoms with Crippen LogP contribution in [0.2, 0.25) is 0 Å². The molecule has 0 saturated carbocycles. The van der Waals surface area contributed by atoms with Crippen LogP contribution in [-0.4, -0.2) is 10.9 Å². The highest BCUT2D eigenvalue weighted by Gasteiger charge is 2.06. The number of oxazole rings is 1. The highest BCUT2D eigenvalue weighted by atomic mass is 35.5. The second-order valence-electron chi connectivity index (χ2n) is 3.42. The summed E-state index contributed by atoms with van der Waals surface area (Å²) in [5.74, 6) is 1.53. The molecule has 0 saturated heterocycles. The Hall–Kier alpha value is -1.35. The third-order valence-electron chi connectivity index (χ3n) is 2.19. The SMILES string of the molecule is Fc1cccc(-c2cnc(CCCCl)o2)c1. The second kappa shape index (κ2) is 5.12. The monoisotopic (exact) mass is 239 g/mol. The van der Waals surface area contributed by atoms with E-state index in [-0.39, 0.29) is 5.82 Å². The zero-order chi connectivity index (χ0) is 11.4. The van der Waals surface area contributed by atoms with Crippen LogP contribution in [0.4, 0.5) is 4.39 Å². The van der Waals surface area contributed by atoms with Gasteiger partial charge in [0.15, 0.2) is 11.7 Å². The van der Waals surface area contributed by atoms with Gasteiger partial charge >= 0.3 is 0 Å². The highest BCUT2D eigenvalue weighted by molar-refractivity contribution is 6.17. The maximum absolute atomic E-state index is 13.0. The number of benzene rings is 1. The maximum Gasteiger partial charge on any atom is 0.194 e. The first-order valence-electron chi connectivity index (χ1n) is 5.06. The number of hydrogen-bond acceptors (Lipinski definition) is 2. The zero-order valence-electron chi connectivity index (χ0n) is 8.62. The van der Waals surface area contributed by atoms with Crippen molar-refractivity contribution in [1.29, 1.82) is 0 Å². The molecule has 0 aliphatic carbocycles. The van der Waals surface area contributed by atoms with Crippen molar-refractivity contribution in [3.05, 3.63) is 42.2 Å². The van der Waals surface area contributed by atoms with E-state index in [4.69, 9.17) is 16.0 Å². The molecule has 16 heavy (non-hydrogen) atoms. The van der Waals surface area contributed by atoms with Crippen molar-refractivity contribution in [3.8, 4) is 11.3 Å². The third-order valence-corrected chi connectivity index (χ3v) is 2.45. The van der Waals surface area contributed by atoms with Gasteiger partial charge in [0.1, 0.15) is 5.82 Å². The smallest absolute Gasteiger partial charge is 0.194 e. The van der Waals surface area contributed by atoms with Gasteiger partial charge in [-0.05, 0) is 18.6 Å². The molecule has 0 fully saturated rings. The summed E-state index contributed by atoms with van der Waals surface area (Å²) in [6.07, 6.45) is 3.14. The first-order valence-corrected chi connectivity index (χ1v) is 5.59. The number of alkyl halides is 1. The van der Waals surface area contributed by atoms with Crippen LogP contribution >= 0.6 is 11.6 Å². The van der Waals surface area contributed by atoms with Crippen molar-refractivity contribution < 1.29 is 8.81 Å².